The molecular formula is C34H49N7O. The van der Waals surface area contributed by atoms with E-state index in [1.54, 1.807) is 0 Å². The van der Waals surface area contributed by atoms with Crippen molar-refractivity contribution in [3.05, 3.63) is 83.4 Å². The van der Waals surface area contributed by atoms with Crippen molar-refractivity contribution in [1.29, 1.82) is 0 Å². The first-order valence-electron chi connectivity index (χ1n) is 15.6. The number of guanidine groups is 1. The number of fused-ring (bicyclic) bond motifs is 1. The molecule has 3 aromatic carbocycles. The molecule has 1 amide bonds. The molecule has 0 aromatic heterocycles. The van der Waals surface area contributed by atoms with Gasteiger partial charge in [0.05, 0.1) is 6.04 Å². The van der Waals surface area contributed by atoms with Gasteiger partial charge in [-0.1, -0.05) is 86.0 Å². The van der Waals surface area contributed by atoms with Crippen molar-refractivity contribution in [3.63, 3.8) is 0 Å². The van der Waals surface area contributed by atoms with Gasteiger partial charge < -0.3 is 32.7 Å². The number of nitrogens with two attached hydrogens (primary N) is 2. The first kappa shape index (κ1) is 31.5. The number of rotatable bonds is 17. The zero-order valence-corrected chi connectivity index (χ0v) is 24.9. The van der Waals surface area contributed by atoms with Crippen LogP contribution >= 0.6 is 0 Å². The molecule has 3 aromatic rings. The average molecular weight is 572 g/mol. The van der Waals surface area contributed by atoms with Gasteiger partial charge in [0.2, 0.25) is 5.91 Å². The fourth-order valence-corrected chi connectivity index (χ4v) is 5.66. The topological polar surface area (TPSA) is 130 Å². The summed E-state index contributed by atoms with van der Waals surface area (Å²) < 4.78 is 0. The minimum atomic E-state index is -0.353. The summed E-state index contributed by atoms with van der Waals surface area (Å²) in [5.41, 5.74) is 14.5. The van der Waals surface area contributed by atoms with E-state index in [-0.39, 0.29) is 17.9 Å². The van der Waals surface area contributed by atoms with Crippen molar-refractivity contribution in [2.24, 2.45) is 16.5 Å². The second-order valence-electron chi connectivity index (χ2n) is 11.4. The van der Waals surface area contributed by atoms with Gasteiger partial charge in [0.25, 0.3) is 0 Å². The molecule has 0 unspecified atom stereocenters. The zero-order valence-electron chi connectivity index (χ0n) is 24.9. The Morgan fingerprint density at radius 2 is 1.57 bits per heavy atom. The fourth-order valence-electron chi connectivity index (χ4n) is 5.66. The summed E-state index contributed by atoms with van der Waals surface area (Å²) >= 11 is 0. The summed E-state index contributed by atoms with van der Waals surface area (Å²) in [6.07, 6.45) is 9.30. The molecule has 0 bridgehead atoms. The van der Waals surface area contributed by atoms with Crippen LogP contribution in [0, 0.1) is 0 Å². The lowest BCUT2D eigenvalue weighted by Crippen LogP contribution is -2.43. The standard InChI is InChI=1S/C34H49N7O/c35-34(36)39-21-7-15-32(40-25-29-11-6-10-28-9-4-5-14-31(28)29)33(42)41-24-27-18-16-26(17-19-27)23-37-20-8-22-38-30-12-2-1-3-13-30/h4-6,9-11,14,16-19,30,32,37-38,40H,1-3,7-8,12-13,15,20-25H2,(H,41,42)(H4,35,36,39)/t32-/m0/s1. The van der Waals surface area contributed by atoms with E-state index in [0.717, 1.165) is 37.7 Å². The predicted octanol–water partition coefficient (Wildman–Crippen LogP) is 4.07. The minimum absolute atomic E-state index is 0.0208. The molecule has 1 saturated carbocycles. The zero-order chi connectivity index (χ0) is 29.4. The normalized spacial score (nSPS) is 14.5. The van der Waals surface area contributed by atoms with Gasteiger partial charge in [0, 0.05) is 32.2 Å². The molecular weight excluding hydrogens is 522 g/mol. The molecule has 42 heavy (non-hydrogen) atoms. The minimum Gasteiger partial charge on any atom is -0.370 e. The molecule has 226 valence electrons. The lowest BCUT2D eigenvalue weighted by molar-refractivity contribution is -0.123. The first-order chi connectivity index (χ1) is 20.6. The summed E-state index contributed by atoms with van der Waals surface area (Å²) in [4.78, 5) is 17.3. The molecule has 1 aliphatic carbocycles. The number of hydrogen-bond acceptors (Lipinski definition) is 5. The molecule has 8 nitrogen and oxygen atoms in total. The van der Waals surface area contributed by atoms with Crippen molar-refractivity contribution >= 4 is 22.6 Å². The van der Waals surface area contributed by atoms with Crippen LogP contribution in [0.2, 0.25) is 0 Å². The monoisotopic (exact) mass is 571 g/mol. The largest absolute Gasteiger partial charge is 0.370 e. The smallest absolute Gasteiger partial charge is 0.237 e. The number of aliphatic imine (C=N–C) groups is 1. The molecule has 1 atom stereocenters. The van der Waals surface area contributed by atoms with Gasteiger partial charge in [0.15, 0.2) is 5.96 Å². The number of nitrogens with one attached hydrogen (secondary N) is 4. The fraction of sp³-hybridized carbons (Fsp3) is 0.471. The van der Waals surface area contributed by atoms with Crippen molar-refractivity contribution in [3.8, 4) is 0 Å². The summed E-state index contributed by atoms with van der Waals surface area (Å²) in [6.45, 7) is 4.52. The summed E-state index contributed by atoms with van der Waals surface area (Å²) in [6, 6.07) is 23.4. The van der Waals surface area contributed by atoms with Crippen LogP contribution in [0.3, 0.4) is 0 Å². The van der Waals surface area contributed by atoms with Crippen LogP contribution in [-0.4, -0.2) is 43.6 Å². The Hall–Kier alpha value is -3.46. The Labute approximate surface area is 251 Å². The number of carbonyl (C=O) groups excluding carboxylic acids is 1. The molecule has 0 aliphatic heterocycles. The molecule has 1 fully saturated rings. The van der Waals surface area contributed by atoms with Gasteiger partial charge in [-0.15, -0.1) is 0 Å². The highest BCUT2D eigenvalue weighted by Crippen LogP contribution is 2.19. The molecule has 1 aliphatic rings. The molecule has 0 radical (unpaired) electrons. The van der Waals surface area contributed by atoms with E-state index < -0.39 is 0 Å². The lowest BCUT2D eigenvalue weighted by Gasteiger charge is -2.22. The average Bonchev–Trinajstić information content (AvgIpc) is 3.02. The molecule has 8 heteroatoms. The molecule has 0 heterocycles. The van der Waals surface area contributed by atoms with E-state index in [9.17, 15) is 4.79 Å². The number of benzene rings is 3. The Balaban J connectivity index is 1.21. The number of carbonyl (C=O) groups is 1. The van der Waals surface area contributed by atoms with Crippen molar-refractivity contribution < 1.29 is 4.79 Å². The van der Waals surface area contributed by atoms with Gasteiger partial charge >= 0.3 is 0 Å². The Kier molecular flexibility index (Phi) is 13.1. The van der Waals surface area contributed by atoms with E-state index >= 15 is 0 Å². The number of amides is 1. The quantitative estimate of drug-likeness (QED) is 0.0823. The Morgan fingerprint density at radius 1 is 0.833 bits per heavy atom. The van der Waals surface area contributed by atoms with Gasteiger partial charge in [-0.3, -0.25) is 9.79 Å². The lowest BCUT2D eigenvalue weighted by atomic mass is 9.95. The van der Waals surface area contributed by atoms with Crippen molar-refractivity contribution in [2.45, 2.75) is 83.1 Å². The molecule has 8 N–H and O–H groups in total. The summed E-state index contributed by atoms with van der Waals surface area (Å²) in [5, 5.41) is 16.2. The molecule has 0 spiro atoms. The highest BCUT2D eigenvalue weighted by Gasteiger charge is 2.18. The van der Waals surface area contributed by atoms with Crippen LogP contribution in [0.25, 0.3) is 10.8 Å². The van der Waals surface area contributed by atoms with Gasteiger partial charge in [-0.25, -0.2) is 0 Å². The molecule has 0 saturated heterocycles. The van der Waals surface area contributed by atoms with Crippen LogP contribution < -0.4 is 32.7 Å². The van der Waals surface area contributed by atoms with Crippen molar-refractivity contribution in [1.82, 2.24) is 21.3 Å². The SMILES string of the molecule is NC(N)=NCCC[C@H](NCc1cccc2ccccc12)C(=O)NCc1ccc(CNCCCNC2CCCCC2)cc1. The van der Waals surface area contributed by atoms with Crippen LogP contribution in [0.4, 0.5) is 0 Å². The molecule has 4 rings (SSSR count). The van der Waals surface area contributed by atoms with Crippen LogP contribution in [0.15, 0.2) is 71.7 Å². The van der Waals surface area contributed by atoms with Crippen molar-refractivity contribution in [2.75, 3.05) is 19.6 Å². The summed E-state index contributed by atoms with van der Waals surface area (Å²) in [5.74, 6) is 0.0533. The Morgan fingerprint density at radius 3 is 2.36 bits per heavy atom. The number of hydrogen-bond donors (Lipinski definition) is 6. The van der Waals surface area contributed by atoms with E-state index in [1.165, 1.54) is 54.0 Å². The number of nitrogens with zero attached hydrogens (tertiary/aromatic N) is 1. The second kappa shape index (κ2) is 17.5. The van der Waals surface area contributed by atoms with E-state index in [2.05, 4.69) is 80.9 Å². The van der Waals surface area contributed by atoms with E-state index in [0.29, 0.717) is 32.5 Å². The van der Waals surface area contributed by atoms with Crippen LogP contribution in [0.5, 0.6) is 0 Å². The predicted molar refractivity (Wildman–Crippen MR) is 174 cm³/mol. The van der Waals surface area contributed by atoms with Crippen LogP contribution in [0.1, 0.15) is 68.1 Å². The highest BCUT2D eigenvalue weighted by molar-refractivity contribution is 5.86. The van der Waals surface area contributed by atoms with Crippen LogP contribution in [-0.2, 0) is 24.4 Å². The first-order valence-corrected chi connectivity index (χ1v) is 15.6. The van der Waals surface area contributed by atoms with E-state index in [1.807, 2.05) is 12.1 Å². The third kappa shape index (κ3) is 10.7. The van der Waals surface area contributed by atoms with E-state index in [4.69, 9.17) is 11.5 Å². The maximum absolute atomic E-state index is 13.3. The van der Waals surface area contributed by atoms with Gasteiger partial charge in [0.1, 0.15) is 0 Å². The maximum atomic E-state index is 13.3. The maximum Gasteiger partial charge on any atom is 0.237 e. The third-order valence-corrected chi connectivity index (χ3v) is 8.07. The second-order valence-corrected chi connectivity index (χ2v) is 11.4. The van der Waals surface area contributed by atoms with Gasteiger partial charge in [-0.2, -0.15) is 0 Å². The highest BCUT2D eigenvalue weighted by atomic mass is 16.2. The Bertz CT molecular complexity index is 1240. The van der Waals surface area contributed by atoms with Gasteiger partial charge in [-0.05, 0) is 72.7 Å². The summed E-state index contributed by atoms with van der Waals surface area (Å²) in [7, 11) is 0. The third-order valence-electron chi connectivity index (χ3n) is 8.07.